The van der Waals surface area contributed by atoms with Crippen molar-refractivity contribution in [3.05, 3.63) is 30.5 Å². The summed E-state index contributed by atoms with van der Waals surface area (Å²) in [7, 11) is 4.66. The van der Waals surface area contributed by atoms with Gasteiger partial charge in [-0.1, -0.05) is 6.07 Å². The summed E-state index contributed by atoms with van der Waals surface area (Å²) in [5.41, 5.74) is 1.58. The highest BCUT2D eigenvalue weighted by molar-refractivity contribution is 5.73. The molecule has 1 aromatic heterocycles. The number of rotatable bonds is 4. The smallest absolute Gasteiger partial charge is 0.319 e. The first kappa shape index (κ1) is 12.2. The molecule has 0 N–H and O–H groups in total. The van der Waals surface area contributed by atoms with Crippen molar-refractivity contribution in [1.29, 1.82) is 0 Å². The molecule has 0 spiro atoms. The standard InChI is InChI=1S/C13H13N2O3/c1-16-11-7-5-4-6-9(11)10-8-14-13(18-3)15-12(10)17-2/h4,6-8H,1-3H3. The molecule has 18 heavy (non-hydrogen) atoms. The molecule has 0 bridgehead atoms. The molecule has 0 aliphatic rings. The van der Waals surface area contributed by atoms with Crippen LogP contribution in [-0.2, 0) is 0 Å². The van der Waals surface area contributed by atoms with Gasteiger partial charge in [0.25, 0.3) is 0 Å². The van der Waals surface area contributed by atoms with Crippen molar-refractivity contribution in [2.45, 2.75) is 0 Å². The monoisotopic (exact) mass is 245 g/mol. The summed E-state index contributed by atoms with van der Waals surface area (Å²) in [6.07, 6.45) is 1.64. The second-order valence-corrected chi connectivity index (χ2v) is 3.41. The summed E-state index contributed by atoms with van der Waals surface area (Å²) in [6.45, 7) is 0. The Balaban J connectivity index is 2.56. The maximum Gasteiger partial charge on any atom is 0.319 e. The van der Waals surface area contributed by atoms with Gasteiger partial charge in [-0.3, -0.25) is 0 Å². The van der Waals surface area contributed by atoms with Gasteiger partial charge in [-0.25, -0.2) is 4.98 Å². The van der Waals surface area contributed by atoms with Gasteiger partial charge in [0, 0.05) is 11.8 Å². The van der Waals surface area contributed by atoms with E-state index in [-0.39, 0.29) is 6.01 Å². The van der Waals surface area contributed by atoms with E-state index < -0.39 is 0 Å². The fourth-order valence-corrected chi connectivity index (χ4v) is 1.60. The van der Waals surface area contributed by atoms with Crippen LogP contribution in [0.1, 0.15) is 0 Å². The Labute approximate surface area is 105 Å². The van der Waals surface area contributed by atoms with Gasteiger partial charge in [-0.2, -0.15) is 4.98 Å². The molecule has 2 rings (SSSR count). The summed E-state index contributed by atoms with van der Waals surface area (Å²) < 4.78 is 15.5. The number of hydrogen-bond acceptors (Lipinski definition) is 5. The third-order valence-corrected chi connectivity index (χ3v) is 2.44. The minimum absolute atomic E-state index is 0.261. The van der Waals surface area contributed by atoms with Crippen molar-refractivity contribution < 1.29 is 14.2 Å². The van der Waals surface area contributed by atoms with Gasteiger partial charge in [0.1, 0.15) is 5.75 Å². The van der Waals surface area contributed by atoms with Crippen molar-refractivity contribution in [2.24, 2.45) is 0 Å². The van der Waals surface area contributed by atoms with E-state index >= 15 is 0 Å². The SMILES string of the molecule is COc1ncc(-c2cc[c]cc2OC)c(OC)n1. The lowest BCUT2D eigenvalue weighted by Gasteiger charge is -2.11. The van der Waals surface area contributed by atoms with Gasteiger partial charge in [0.15, 0.2) is 0 Å². The molecule has 5 nitrogen and oxygen atoms in total. The highest BCUT2D eigenvalue weighted by atomic mass is 16.5. The fraction of sp³-hybridized carbons (Fsp3) is 0.231. The number of nitrogens with zero attached hydrogens (tertiary/aromatic N) is 2. The molecule has 0 unspecified atom stereocenters. The summed E-state index contributed by atoms with van der Waals surface area (Å²) in [4.78, 5) is 8.22. The maximum atomic E-state index is 5.28. The summed E-state index contributed by atoms with van der Waals surface area (Å²) in [5.74, 6) is 1.12. The molecule has 1 radical (unpaired) electrons. The molecule has 0 fully saturated rings. The molecule has 93 valence electrons. The van der Waals surface area contributed by atoms with Crippen LogP contribution in [-0.4, -0.2) is 31.3 Å². The van der Waals surface area contributed by atoms with E-state index in [9.17, 15) is 0 Å². The third-order valence-electron chi connectivity index (χ3n) is 2.44. The molecule has 0 aliphatic carbocycles. The minimum atomic E-state index is 0.261. The second kappa shape index (κ2) is 5.35. The summed E-state index contributed by atoms with van der Waals surface area (Å²) in [6, 6.07) is 8.62. The van der Waals surface area contributed by atoms with E-state index in [0.29, 0.717) is 11.6 Å². The topological polar surface area (TPSA) is 53.5 Å². The number of hydrogen-bond donors (Lipinski definition) is 0. The van der Waals surface area contributed by atoms with E-state index in [1.54, 1.807) is 32.5 Å². The molecular formula is C13H13N2O3. The Morgan fingerprint density at radius 3 is 2.56 bits per heavy atom. The van der Waals surface area contributed by atoms with Gasteiger partial charge in [-0.05, 0) is 18.2 Å². The van der Waals surface area contributed by atoms with Crippen LogP contribution in [0.15, 0.2) is 24.4 Å². The van der Waals surface area contributed by atoms with Crippen molar-refractivity contribution >= 4 is 0 Å². The molecule has 5 heteroatoms. The summed E-state index contributed by atoms with van der Waals surface area (Å²) in [5, 5.41) is 0. The number of benzene rings is 1. The van der Waals surface area contributed by atoms with Gasteiger partial charge in [-0.15, -0.1) is 0 Å². The van der Waals surface area contributed by atoms with Gasteiger partial charge >= 0.3 is 6.01 Å². The third kappa shape index (κ3) is 2.20. The normalized spacial score (nSPS) is 9.94. The molecule has 2 aromatic rings. The van der Waals surface area contributed by atoms with Crippen LogP contribution in [0, 0.1) is 6.07 Å². The number of ether oxygens (including phenoxy) is 3. The van der Waals surface area contributed by atoms with Gasteiger partial charge < -0.3 is 14.2 Å². The zero-order chi connectivity index (χ0) is 13.0. The van der Waals surface area contributed by atoms with E-state index in [1.807, 2.05) is 6.07 Å². The maximum absolute atomic E-state index is 5.28. The van der Waals surface area contributed by atoms with Gasteiger partial charge in [0.05, 0.1) is 26.9 Å². The van der Waals surface area contributed by atoms with Crippen LogP contribution in [0.25, 0.3) is 11.1 Å². The largest absolute Gasteiger partial charge is 0.496 e. The highest BCUT2D eigenvalue weighted by Crippen LogP contribution is 2.34. The zero-order valence-corrected chi connectivity index (χ0v) is 10.4. The molecule has 0 atom stereocenters. The minimum Gasteiger partial charge on any atom is -0.496 e. The van der Waals surface area contributed by atoms with Crippen molar-refractivity contribution in [3.8, 4) is 28.8 Å². The average molecular weight is 245 g/mol. The van der Waals surface area contributed by atoms with Crippen LogP contribution >= 0.6 is 0 Å². The predicted molar refractivity (Wildman–Crippen MR) is 66.0 cm³/mol. The highest BCUT2D eigenvalue weighted by Gasteiger charge is 2.13. The first-order chi connectivity index (χ1) is 8.80. The molecule has 0 aliphatic heterocycles. The van der Waals surface area contributed by atoms with E-state index in [4.69, 9.17) is 14.2 Å². The van der Waals surface area contributed by atoms with Gasteiger partial charge in [0.2, 0.25) is 5.88 Å². The zero-order valence-electron chi connectivity index (χ0n) is 10.4. The molecule has 0 saturated heterocycles. The number of methoxy groups -OCH3 is 3. The lowest BCUT2D eigenvalue weighted by atomic mass is 10.1. The van der Waals surface area contributed by atoms with E-state index in [2.05, 4.69) is 16.0 Å². The Bertz CT molecular complexity index is 544. The van der Waals surface area contributed by atoms with E-state index in [0.717, 1.165) is 11.1 Å². The fourth-order valence-electron chi connectivity index (χ4n) is 1.60. The molecular weight excluding hydrogens is 232 g/mol. The van der Waals surface area contributed by atoms with Crippen LogP contribution in [0.5, 0.6) is 17.6 Å². The molecule has 0 amide bonds. The Morgan fingerprint density at radius 1 is 1.06 bits per heavy atom. The second-order valence-electron chi connectivity index (χ2n) is 3.41. The average Bonchev–Trinajstić information content (AvgIpc) is 2.46. The molecule has 1 aromatic carbocycles. The Kier molecular flexibility index (Phi) is 3.62. The van der Waals surface area contributed by atoms with E-state index in [1.165, 1.54) is 7.11 Å². The van der Waals surface area contributed by atoms with Crippen LogP contribution in [0.2, 0.25) is 0 Å². The van der Waals surface area contributed by atoms with Crippen molar-refractivity contribution in [2.75, 3.05) is 21.3 Å². The van der Waals surface area contributed by atoms with Crippen molar-refractivity contribution in [1.82, 2.24) is 9.97 Å². The Hall–Kier alpha value is -2.30. The Morgan fingerprint density at radius 2 is 1.89 bits per heavy atom. The molecule has 0 saturated carbocycles. The van der Waals surface area contributed by atoms with Crippen LogP contribution in [0.4, 0.5) is 0 Å². The quantitative estimate of drug-likeness (QED) is 0.824. The lowest BCUT2D eigenvalue weighted by molar-refractivity contribution is 0.353. The summed E-state index contributed by atoms with van der Waals surface area (Å²) >= 11 is 0. The van der Waals surface area contributed by atoms with Crippen LogP contribution in [0.3, 0.4) is 0 Å². The predicted octanol–water partition coefficient (Wildman–Crippen LogP) is 1.97. The first-order valence-corrected chi connectivity index (χ1v) is 5.29. The van der Waals surface area contributed by atoms with Crippen molar-refractivity contribution in [3.63, 3.8) is 0 Å². The molecule has 1 heterocycles. The van der Waals surface area contributed by atoms with Crippen LogP contribution < -0.4 is 14.2 Å². The lowest BCUT2D eigenvalue weighted by Crippen LogP contribution is -1.98. The number of aromatic nitrogens is 2. The first-order valence-electron chi connectivity index (χ1n) is 5.29.